The van der Waals surface area contributed by atoms with E-state index in [2.05, 4.69) is 9.97 Å². The molecule has 0 bridgehead atoms. The van der Waals surface area contributed by atoms with Crippen LogP contribution in [0.4, 0.5) is 4.79 Å². The Morgan fingerprint density at radius 3 is 2.65 bits per heavy atom. The molecule has 3 rings (SSSR count). The minimum absolute atomic E-state index is 0.315. The van der Waals surface area contributed by atoms with Crippen LogP contribution in [0.15, 0.2) is 42.7 Å². The van der Waals surface area contributed by atoms with E-state index in [1.807, 2.05) is 18.2 Å². The summed E-state index contributed by atoms with van der Waals surface area (Å²) in [6.07, 6.45) is 4.80. The van der Waals surface area contributed by atoms with E-state index in [9.17, 15) is 9.59 Å². The lowest BCUT2D eigenvalue weighted by atomic mass is 10.2. The monoisotopic (exact) mass is 309 g/mol. The van der Waals surface area contributed by atoms with Crippen LogP contribution in [0, 0.1) is 0 Å². The lowest BCUT2D eigenvalue weighted by Crippen LogP contribution is -2.13. The average Bonchev–Trinajstić information content (AvgIpc) is 2.97. The van der Waals surface area contributed by atoms with Crippen molar-refractivity contribution in [2.24, 2.45) is 0 Å². The number of carbonyl (C=O) groups is 2. The van der Waals surface area contributed by atoms with E-state index in [1.54, 1.807) is 24.4 Å². The van der Waals surface area contributed by atoms with E-state index in [1.165, 1.54) is 12.3 Å². The van der Waals surface area contributed by atoms with Gasteiger partial charge in [0.05, 0.1) is 5.69 Å². The van der Waals surface area contributed by atoms with Gasteiger partial charge in [-0.25, -0.2) is 24.1 Å². The van der Waals surface area contributed by atoms with Gasteiger partial charge in [-0.3, -0.25) is 0 Å². The Kier molecular flexibility index (Phi) is 3.60. The van der Waals surface area contributed by atoms with Gasteiger partial charge in [-0.1, -0.05) is 6.08 Å². The smallest absolute Gasteiger partial charge is 0.416 e. The van der Waals surface area contributed by atoms with Crippen molar-refractivity contribution in [1.29, 1.82) is 0 Å². The molecule has 7 heteroatoms. The molecule has 0 amide bonds. The van der Waals surface area contributed by atoms with Crippen molar-refractivity contribution in [2.45, 2.75) is 0 Å². The molecule has 0 aliphatic rings. The lowest BCUT2D eigenvalue weighted by Gasteiger charge is -1.97. The van der Waals surface area contributed by atoms with Crippen LogP contribution in [0.3, 0.4) is 0 Å². The Labute approximate surface area is 130 Å². The maximum atomic E-state index is 11.0. The van der Waals surface area contributed by atoms with Gasteiger partial charge in [0, 0.05) is 17.8 Å². The summed E-state index contributed by atoms with van der Waals surface area (Å²) in [5.74, 6) is -1.31. The summed E-state index contributed by atoms with van der Waals surface area (Å²) in [7, 11) is 0. The number of carboxylic acid groups (broad SMARTS) is 2. The van der Waals surface area contributed by atoms with Gasteiger partial charge in [0.1, 0.15) is 5.69 Å². The Morgan fingerprint density at radius 1 is 1.13 bits per heavy atom. The van der Waals surface area contributed by atoms with Crippen molar-refractivity contribution in [3.8, 4) is 0 Å². The molecule has 7 nitrogen and oxygen atoms in total. The first-order valence-corrected chi connectivity index (χ1v) is 6.63. The second kappa shape index (κ2) is 5.72. The molecule has 0 atom stereocenters. The van der Waals surface area contributed by atoms with Gasteiger partial charge in [0.25, 0.3) is 0 Å². The molecule has 0 saturated heterocycles. The SMILES string of the molecule is O=C(O)c1cc(/C=C/c2ccc3cccnc3n2)cn1C(=O)O. The number of rotatable bonds is 3. The van der Waals surface area contributed by atoms with Gasteiger partial charge in [-0.2, -0.15) is 0 Å². The van der Waals surface area contributed by atoms with Gasteiger partial charge >= 0.3 is 12.1 Å². The largest absolute Gasteiger partial charge is 0.477 e. The van der Waals surface area contributed by atoms with E-state index in [4.69, 9.17) is 10.2 Å². The van der Waals surface area contributed by atoms with Crippen LogP contribution in [0.1, 0.15) is 21.7 Å². The standard InChI is InChI=1S/C16H11N3O4/c20-15(21)13-8-10(9-19(13)16(22)23)3-5-12-6-4-11-2-1-7-17-14(11)18-12/h1-9H,(H,20,21)(H,22,23)/b5-3+. The predicted octanol–water partition coefficient (Wildman–Crippen LogP) is 2.83. The Balaban J connectivity index is 1.93. The van der Waals surface area contributed by atoms with E-state index in [-0.39, 0.29) is 5.69 Å². The molecule has 0 saturated carbocycles. The molecule has 0 aromatic carbocycles. The predicted molar refractivity (Wildman–Crippen MR) is 83.3 cm³/mol. The molecule has 0 radical (unpaired) electrons. The van der Waals surface area contributed by atoms with E-state index < -0.39 is 12.1 Å². The molecule has 0 spiro atoms. The van der Waals surface area contributed by atoms with E-state index >= 15 is 0 Å². The molecule has 23 heavy (non-hydrogen) atoms. The zero-order valence-corrected chi connectivity index (χ0v) is 11.7. The van der Waals surface area contributed by atoms with Crippen LogP contribution in [-0.4, -0.2) is 36.8 Å². The summed E-state index contributed by atoms with van der Waals surface area (Å²) >= 11 is 0. The molecular formula is C16H11N3O4. The fourth-order valence-electron chi connectivity index (χ4n) is 2.14. The molecule has 0 fully saturated rings. The van der Waals surface area contributed by atoms with Crippen molar-refractivity contribution in [1.82, 2.24) is 14.5 Å². The second-order valence-electron chi connectivity index (χ2n) is 4.74. The number of aromatic carboxylic acids is 1. The highest BCUT2D eigenvalue weighted by Gasteiger charge is 2.15. The van der Waals surface area contributed by atoms with Gasteiger partial charge in [-0.15, -0.1) is 0 Å². The summed E-state index contributed by atoms with van der Waals surface area (Å²) in [4.78, 5) is 30.6. The number of nitrogens with zero attached hydrogens (tertiary/aromatic N) is 3. The first-order valence-electron chi connectivity index (χ1n) is 6.63. The van der Waals surface area contributed by atoms with Crippen LogP contribution >= 0.6 is 0 Å². The highest BCUT2D eigenvalue weighted by Crippen LogP contribution is 2.14. The molecule has 0 unspecified atom stereocenters. The summed E-state index contributed by atoms with van der Waals surface area (Å²) < 4.78 is 0.664. The first-order chi connectivity index (χ1) is 11.0. The van der Waals surface area contributed by atoms with Gasteiger partial charge in [-0.05, 0) is 42.0 Å². The van der Waals surface area contributed by atoms with Crippen LogP contribution < -0.4 is 0 Å². The summed E-state index contributed by atoms with van der Waals surface area (Å²) in [5.41, 5.74) is 1.37. The first kappa shape index (κ1) is 14.5. The van der Waals surface area contributed by atoms with Gasteiger partial charge in [0.15, 0.2) is 5.65 Å². The highest BCUT2D eigenvalue weighted by atomic mass is 16.4. The van der Waals surface area contributed by atoms with Crippen molar-refractivity contribution < 1.29 is 19.8 Å². The zero-order chi connectivity index (χ0) is 16.4. The summed E-state index contributed by atoms with van der Waals surface area (Å²) in [5, 5.41) is 18.9. The maximum absolute atomic E-state index is 11.0. The van der Waals surface area contributed by atoms with Gasteiger partial charge in [0.2, 0.25) is 0 Å². The van der Waals surface area contributed by atoms with Crippen molar-refractivity contribution in [2.75, 3.05) is 0 Å². The number of aromatic nitrogens is 3. The molecule has 3 heterocycles. The number of hydrogen-bond acceptors (Lipinski definition) is 4. The van der Waals surface area contributed by atoms with Crippen LogP contribution in [-0.2, 0) is 0 Å². The Bertz CT molecular complexity index is 912. The maximum Gasteiger partial charge on any atom is 0.416 e. The molecule has 3 aromatic rings. The topological polar surface area (TPSA) is 105 Å². The number of carboxylic acids is 1. The summed E-state index contributed by atoms with van der Waals surface area (Å²) in [6, 6.07) is 8.68. The summed E-state index contributed by atoms with van der Waals surface area (Å²) in [6.45, 7) is 0. The molecule has 3 aromatic heterocycles. The van der Waals surface area contributed by atoms with Crippen molar-refractivity contribution in [3.63, 3.8) is 0 Å². The van der Waals surface area contributed by atoms with Crippen LogP contribution in [0.5, 0.6) is 0 Å². The van der Waals surface area contributed by atoms with Crippen LogP contribution in [0.25, 0.3) is 23.2 Å². The van der Waals surface area contributed by atoms with E-state index in [0.717, 1.165) is 5.39 Å². The Hall–Kier alpha value is -3.48. The fourth-order valence-corrected chi connectivity index (χ4v) is 2.14. The van der Waals surface area contributed by atoms with Gasteiger partial charge < -0.3 is 10.2 Å². The third-order valence-electron chi connectivity index (χ3n) is 3.20. The average molecular weight is 309 g/mol. The normalized spacial score (nSPS) is 11.1. The number of pyridine rings is 2. The second-order valence-corrected chi connectivity index (χ2v) is 4.74. The third kappa shape index (κ3) is 2.93. The molecule has 114 valence electrons. The molecule has 2 N–H and O–H groups in total. The highest BCUT2D eigenvalue weighted by molar-refractivity contribution is 5.91. The van der Waals surface area contributed by atoms with Crippen molar-refractivity contribution in [3.05, 3.63) is 59.7 Å². The van der Waals surface area contributed by atoms with E-state index in [0.29, 0.717) is 21.5 Å². The third-order valence-corrected chi connectivity index (χ3v) is 3.20. The van der Waals surface area contributed by atoms with Crippen molar-refractivity contribution >= 4 is 35.2 Å². The zero-order valence-electron chi connectivity index (χ0n) is 11.7. The molecule has 0 aliphatic carbocycles. The quantitative estimate of drug-likeness (QED) is 0.770. The molecule has 0 aliphatic heterocycles. The Morgan fingerprint density at radius 2 is 1.96 bits per heavy atom. The minimum Gasteiger partial charge on any atom is -0.477 e. The molecular weight excluding hydrogens is 298 g/mol. The minimum atomic E-state index is -1.35. The lowest BCUT2D eigenvalue weighted by molar-refractivity contribution is 0.0684. The number of hydrogen-bond donors (Lipinski definition) is 2. The number of fused-ring (bicyclic) bond motifs is 1. The fraction of sp³-hybridized carbons (Fsp3) is 0. The van der Waals surface area contributed by atoms with Crippen LogP contribution in [0.2, 0.25) is 0 Å².